The highest BCUT2D eigenvalue weighted by atomic mass is 35.5. The van der Waals surface area contributed by atoms with Gasteiger partial charge in [-0.15, -0.1) is 23.2 Å². The van der Waals surface area contributed by atoms with E-state index in [0.29, 0.717) is 27.8 Å². The molecule has 7 rings (SSSR count). The van der Waals surface area contributed by atoms with Crippen molar-refractivity contribution in [2.24, 2.45) is 11.8 Å². The van der Waals surface area contributed by atoms with Gasteiger partial charge in [-0.1, -0.05) is 78.9 Å². The normalized spacial score (nSPS) is 27.8. The first-order chi connectivity index (χ1) is 17.7. The molecule has 1 saturated heterocycles. The number of ketones is 1. The number of hydrogen-bond donors (Lipinski definition) is 0. The van der Waals surface area contributed by atoms with E-state index in [9.17, 15) is 19.2 Å². The summed E-state index contributed by atoms with van der Waals surface area (Å²) < 4.78 is 5.32. The first-order valence-corrected chi connectivity index (χ1v) is 12.7. The van der Waals surface area contributed by atoms with E-state index in [4.69, 9.17) is 27.9 Å². The van der Waals surface area contributed by atoms with Crippen molar-refractivity contribution in [3.05, 3.63) is 107 Å². The zero-order chi connectivity index (χ0) is 26.1. The number of rotatable bonds is 5. The monoisotopic (exact) mass is 533 g/mol. The van der Waals surface area contributed by atoms with E-state index in [0.717, 1.165) is 4.90 Å². The molecule has 37 heavy (non-hydrogen) atoms. The second kappa shape index (κ2) is 8.27. The molecule has 4 aliphatic rings. The van der Waals surface area contributed by atoms with Crippen LogP contribution in [0.25, 0.3) is 0 Å². The molecular formula is C29H21Cl2NO5. The lowest BCUT2D eigenvalue weighted by Gasteiger charge is -2.54. The van der Waals surface area contributed by atoms with E-state index in [1.165, 1.54) is 6.92 Å². The third kappa shape index (κ3) is 3.12. The summed E-state index contributed by atoms with van der Waals surface area (Å²) in [6, 6.07) is 23.0. The summed E-state index contributed by atoms with van der Waals surface area (Å²) in [6.07, 6.45) is -1.09. The smallest absolute Gasteiger partial charge is 0.326 e. The predicted octanol–water partition coefficient (Wildman–Crippen LogP) is 4.39. The van der Waals surface area contributed by atoms with Crippen molar-refractivity contribution in [3.63, 3.8) is 0 Å². The number of halogens is 2. The van der Waals surface area contributed by atoms with Crippen LogP contribution < -0.4 is 0 Å². The number of esters is 1. The second-order valence-corrected chi connectivity index (χ2v) is 10.8. The number of likely N-dealkylation sites (tertiary alicyclic amines) is 1. The topological polar surface area (TPSA) is 80.8 Å². The van der Waals surface area contributed by atoms with Gasteiger partial charge in [0, 0.05) is 5.56 Å². The minimum atomic E-state index is -1.32. The van der Waals surface area contributed by atoms with Crippen molar-refractivity contribution in [1.82, 2.24) is 4.90 Å². The zero-order valence-electron chi connectivity index (χ0n) is 19.7. The molecule has 0 aromatic heterocycles. The molecule has 1 heterocycles. The molecule has 2 bridgehead atoms. The van der Waals surface area contributed by atoms with Crippen LogP contribution in [0.1, 0.15) is 39.5 Å². The van der Waals surface area contributed by atoms with Gasteiger partial charge in [0.15, 0.2) is 6.10 Å². The first-order valence-electron chi connectivity index (χ1n) is 11.9. The molecule has 6 nitrogen and oxygen atoms in total. The number of hydrogen-bond acceptors (Lipinski definition) is 5. The third-order valence-corrected chi connectivity index (χ3v) is 8.98. The quantitative estimate of drug-likeness (QED) is 0.210. The molecular weight excluding hydrogens is 513 g/mol. The van der Waals surface area contributed by atoms with Crippen LogP contribution in [0.2, 0.25) is 0 Å². The summed E-state index contributed by atoms with van der Waals surface area (Å²) in [6.45, 7) is 0.819. The van der Waals surface area contributed by atoms with E-state index in [-0.39, 0.29) is 5.78 Å². The summed E-state index contributed by atoms with van der Waals surface area (Å²) in [5.41, 5.74) is 3.11. The summed E-state index contributed by atoms with van der Waals surface area (Å²) in [4.78, 5) is 51.2. The Morgan fingerprint density at radius 3 is 1.62 bits per heavy atom. The lowest BCUT2D eigenvalue weighted by atomic mass is 9.54. The lowest BCUT2D eigenvalue weighted by molar-refractivity contribution is -0.154. The molecule has 3 atom stereocenters. The summed E-state index contributed by atoms with van der Waals surface area (Å²) in [5.74, 6) is -4.42. The molecule has 1 aliphatic heterocycles. The average molecular weight is 534 g/mol. The predicted molar refractivity (Wildman–Crippen MR) is 136 cm³/mol. The van der Waals surface area contributed by atoms with Gasteiger partial charge < -0.3 is 4.74 Å². The highest BCUT2D eigenvalue weighted by Gasteiger charge is 2.73. The van der Waals surface area contributed by atoms with Gasteiger partial charge in [0.1, 0.15) is 16.3 Å². The van der Waals surface area contributed by atoms with Gasteiger partial charge in [-0.2, -0.15) is 0 Å². The van der Waals surface area contributed by atoms with Crippen molar-refractivity contribution in [2.45, 2.75) is 22.8 Å². The van der Waals surface area contributed by atoms with E-state index in [1.807, 2.05) is 48.5 Å². The Morgan fingerprint density at radius 2 is 1.19 bits per heavy atom. The minimum absolute atomic E-state index is 0.384. The van der Waals surface area contributed by atoms with Crippen LogP contribution in [0.15, 0.2) is 78.9 Å². The van der Waals surface area contributed by atoms with Crippen molar-refractivity contribution in [1.29, 1.82) is 0 Å². The van der Waals surface area contributed by atoms with E-state index in [1.54, 1.807) is 30.3 Å². The Bertz CT molecular complexity index is 1360. The maximum atomic E-state index is 13.8. The molecule has 3 aliphatic carbocycles. The van der Waals surface area contributed by atoms with Gasteiger partial charge in [-0.3, -0.25) is 24.1 Å². The van der Waals surface area contributed by atoms with Crippen molar-refractivity contribution >= 4 is 46.8 Å². The number of benzene rings is 3. The first kappa shape index (κ1) is 23.9. The standard InChI is InChI=1S/C29H21Cl2NO5/c1-16(25(34)17-9-3-2-4-10-17)37-22(33)15-32-26(35)23-24(27(32)36)29(31)19-12-6-5-11-18(19)28(23,30)20-13-7-8-14-21(20)29/h2-14,16,23-24H,15H2,1H3/t16-,23-,24+,28?,29?/m1/s1. The van der Waals surface area contributed by atoms with E-state index in [2.05, 4.69) is 0 Å². The van der Waals surface area contributed by atoms with Gasteiger partial charge in [-0.05, 0) is 29.2 Å². The zero-order valence-corrected chi connectivity index (χ0v) is 21.2. The van der Waals surface area contributed by atoms with Gasteiger partial charge in [0.05, 0.1) is 11.8 Å². The van der Waals surface area contributed by atoms with Crippen LogP contribution in [-0.4, -0.2) is 41.1 Å². The molecule has 2 amide bonds. The number of carbonyl (C=O) groups is 4. The van der Waals surface area contributed by atoms with E-state index < -0.39 is 52.0 Å². The Labute approximate surface area is 223 Å². The minimum Gasteiger partial charge on any atom is -0.453 e. The SMILES string of the molecule is C[C@@H](OC(=O)CN1C(=O)[C@@H]2[C@H](C1=O)C1(Cl)c3ccccc3C2(Cl)c2ccccc21)C(=O)c1ccccc1. The molecule has 1 fully saturated rings. The number of ether oxygens (including phenoxy) is 1. The molecule has 0 unspecified atom stereocenters. The van der Waals surface area contributed by atoms with Gasteiger partial charge in [-0.25, -0.2) is 0 Å². The Balaban J connectivity index is 1.33. The molecule has 0 radical (unpaired) electrons. The van der Waals surface area contributed by atoms with Crippen molar-refractivity contribution in [2.75, 3.05) is 6.54 Å². The Hall–Kier alpha value is -3.48. The lowest BCUT2D eigenvalue weighted by Crippen LogP contribution is -2.57. The molecule has 0 spiro atoms. The number of amides is 2. The summed E-state index contributed by atoms with van der Waals surface area (Å²) >= 11 is 14.7. The molecule has 3 aromatic rings. The van der Waals surface area contributed by atoms with Gasteiger partial charge in [0.25, 0.3) is 0 Å². The highest BCUT2D eigenvalue weighted by molar-refractivity contribution is 6.36. The number of alkyl halides is 2. The molecule has 186 valence electrons. The van der Waals surface area contributed by atoms with Crippen molar-refractivity contribution < 1.29 is 23.9 Å². The van der Waals surface area contributed by atoms with Crippen LogP contribution in [-0.2, 0) is 28.9 Å². The van der Waals surface area contributed by atoms with Crippen LogP contribution >= 0.6 is 23.2 Å². The fourth-order valence-corrected chi connectivity index (χ4v) is 7.23. The van der Waals surface area contributed by atoms with Crippen LogP contribution in [0, 0.1) is 11.8 Å². The Morgan fingerprint density at radius 1 is 0.784 bits per heavy atom. The van der Waals surface area contributed by atoms with Crippen LogP contribution in [0.3, 0.4) is 0 Å². The molecule has 0 N–H and O–H groups in total. The van der Waals surface area contributed by atoms with E-state index >= 15 is 0 Å². The number of Topliss-reactive ketones (excluding diaryl/α,β-unsaturated/α-hetero) is 1. The summed E-state index contributed by atoms with van der Waals surface area (Å²) in [7, 11) is 0. The fourth-order valence-electron chi connectivity index (χ4n) is 6.13. The van der Waals surface area contributed by atoms with Crippen LogP contribution in [0.5, 0.6) is 0 Å². The van der Waals surface area contributed by atoms with Crippen LogP contribution in [0.4, 0.5) is 0 Å². The molecule has 0 saturated carbocycles. The van der Waals surface area contributed by atoms with Crippen molar-refractivity contribution in [3.8, 4) is 0 Å². The second-order valence-electron chi connectivity index (χ2n) is 9.60. The Kier molecular flexibility index (Phi) is 5.34. The number of imide groups is 1. The number of carbonyl (C=O) groups excluding carboxylic acids is 4. The third-order valence-electron chi connectivity index (χ3n) is 7.70. The van der Waals surface area contributed by atoms with Gasteiger partial charge >= 0.3 is 5.97 Å². The molecule has 3 aromatic carbocycles. The summed E-state index contributed by atoms with van der Waals surface area (Å²) in [5, 5.41) is 0. The van der Waals surface area contributed by atoms with Gasteiger partial charge in [0.2, 0.25) is 17.6 Å². The average Bonchev–Trinajstić information content (AvgIpc) is 3.17. The largest absolute Gasteiger partial charge is 0.453 e. The maximum Gasteiger partial charge on any atom is 0.326 e. The maximum absolute atomic E-state index is 13.8. The highest BCUT2D eigenvalue weighted by Crippen LogP contribution is 2.69. The fraction of sp³-hybridized carbons (Fsp3) is 0.241. The number of nitrogens with zero attached hydrogens (tertiary/aromatic N) is 1. The molecule has 8 heteroatoms.